The number of likely N-dealkylation sites (N-methyl/N-ethyl adjacent to an activating group) is 1. The summed E-state index contributed by atoms with van der Waals surface area (Å²) in [5, 5.41) is 10.8. The van der Waals surface area contributed by atoms with Crippen molar-refractivity contribution in [2.75, 3.05) is 20.1 Å². The van der Waals surface area contributed by atoms with E-state index in [2.05, 4.69) is 0 Å². The number of nitro groups is 1. The van der Waals surface area contributed by atoms with Gasteiger partial charge in [0.2, 0.25) is 5.91 Å². The van der Waals surface area contributed by atoms with Crippen molar-refractivity contribution in [2.45, 2.75) is 12.8 Å². The van der Waals surface area contributed by atoms with Crippen LogP contribution >= 0.6 is 0 Å². The molecule has 6 heteroatoms. The van der Waals surface area contributed by atoms with Crippen LogP contribution in [0, 0.1) is 10.1 Å². The van der Waals surface area contributed by atoms with Crippen LogP contribution in [-0.4, -0.2) is 35.9 Å². The van der Waals surface area contributed by atoms with Gasteiger partial charge in [0.25, 0.3) is 5.69 Å². The first kappa shape index (κ1) is 14.1. The zero-order valence-corrected chi connectivity index (χ0v) is 10.3. The molecule has 0 saturated heterocycles. The molecule has 0 aromatic heterocycles. The summed E-state index contributed by atoms with van der Waals surface area (Å²) in [7, 11) is 1.67. The Balaban J connectivity index is 2.72. The molecule has 18 heavy (non-hydrogen) atoms. The first-order chi connectivity index (χ1) is 8.56. The van der Waals surface area contributed by atoms with E-state index in [0.717, 1.165) is 6.42 Å². The predicted octanol–water partition coefficient (Wildman–Crippen LogP) is 0.945. The summed E-state index contributed by atoms with van der Waals surface area (Å²) in [4.78, 5) is 23.7. The van der Waals surface area contributed by atoms with Gasteiger partial charge in [0.1, 0.15) is 0 Å². The molecule has 0 aliphatic carbocycles. The molecule has 0 atom stereocenters. The molecular formula is C12H17N3O3. The highest BCUT2D eigenvalue weighted by Crippen LogP contribution is 2.18. The zero-order chi connectivity index (χ0) is 13.5. The van der Waals surface area contributed by atoms with E-state index < -0.39 is 4.92 Å². The lowest BCUT2D eigenvalue weighted by Crippen LogP contribution is -2.30. The number of nitrogens with two attached hydrogens (primary N) is 1. The van der Waals surface area contributed by atoms with Crippen molar-refractivity contribution in [1.82, 2.24) is 4.90 Å². The van der Waals surface area contributed by atoms with Gasteiger partial charge in [-0.15, -0.1) is 0 Å². The number of hydrogen-bond donors (Lipinski definition) is 1. The van der Waals surface area contributed by atoms with Crippen molar-refractivity contribution in [3.05, 3.63) is 39.9 Å². The summed E-state index contributed by atoms with van der Waals surface area (Å²) < 4.78 is 0. The van der Waals surface area contributed by atoms with Crippen molar-refractivity contribution in [3.8, 4) is 0 Å². The van der Waals surface area contributed by atoms with E-state index in [1.165, 1.54) is 6.07 Å². The highest BCUT2D eigenvalue weighted by atomic mass is 16.6. The van der Waals surface area contributed by atoms with E-state index in [9.17, 15) is 14.9 Å². The average molecular weight is 251 g/mol. The molecule has 0 bridgehead atoms. The Morgan fingerprint density at radius 1 is 1.44 bits per heavy atom. The second-order valence-corrected chi connectivity index (χ2v) is 4.02. The zero-order valence-electron chi connectivity index (χ0n) is 10.3. The van der Waals surface area contributed by atoms with Gasteiger partial charge in [0.15, 0.2) is 0 Å². The minimum absolute atomic E-state index is 0.0157. The molecule has 0 saturated carbocycles. The summed E-state index contributed by atoms with van der Waals surface area (Å²) >= 11 is 0. The van der Waals surface area contributed by atoms with Gasteiger partial charge in [-0.1, -0.05) is 18.2 Å². The molecule has 1 amide bonds. The Morgan fingerprint density at radius 3 is 2.72 bits per heavy atom. The Morgan fingerprint density at radius 2 is 2.11 bits per heavy atom. The first-order valence-electron chi connectivity index (χ1n) is 5.72. The van der Waals surface area contributed by atoms with E-state index in [4.69, 9.17) is 5.73 Å². The number of carbonyl (C=O) groups excluding carboxylic acids is 1. The first-order valence-corrected chi connectivity index (χ1v) is 5.72. The van der Waals surface area contributed by atoms with Gasteiger partial charge < -0.3 is 10.6 Å². The third kappa shape index (κ3) is 3.81. The monoisotopic (exact) mass is 251 g/mol. The van der Waals surface area contributed by atoms with E-state index in [0.29, 0.717) is 18.7 Å². The standard InChI is InChI=1S/C12H17N3O3/c1-14(8-4-7-13)12(16)9-10-5-2-3-6-11(10)15(17)18/h2-3,5-6H,4,7-9,13H2,1H3. The summed E-state index contributed by atoms with van der Waals surface area (Å²) in [6, 6.07) is 6.29. The fourth-order valence-electron chi connectivity index (χ4n) is 1.59. The van der Waals surface area contributed by atoms with E-state index in [-0.39, 0.29) is 18.0 Å². The molecule has 1 rings (SSSR count). The molecule has 0 aliphatic rings. The topological polar surface area (TPSA) is 89.5 Å². The van der Waals surface area contributed by atoms with Crippen LogP contribution in [0.15, 0.2) is 24.3 Å². The van der Waals surface area contributed by atoms with Gasteiger partial charge in [-0.25, -0.2) is 0 Å². The summed E-state index contributed by atoms with van der Waals surface area (Å²) in [6.45, 7) is 1.08. The van der Waals surface area contributed by atoms with Crippen molar-refractivity contribution in [3.63, 3.8) is 0 Å². The lowest BCUT2D eigenvalue weighted by Gasteiger charge is -2.16. The Hall–Kier alpha value is -1.95. The maximum absolute atomic E-state index is 11.9. The van der Waals surface area contributed by atoms with Crippen LogP contribution in [0.2, 0.25) is 0 Å². The molecule has 0 heterocycles. The van der Waals surface area contributed by atoms with Gasteiger partial charge in [-0.3, -0.25) is 14.9 Å². The Kier molecular flexibility index (Phi) is 5.26. The molecule has 1 aromatic carbocycles. The minimum Gasteiger partial charge on any atom is -0.345 e. The summed E-state index contributed by atoms with van der Waals surface area (Å²) in [5.74, 6) is -0.141. The summed E-state index contributed by atoms with van der Waals surface area (Å²) in [6.07, 6.45) is 0.761. The van der Waals surface area contributed by atoms with Gasteiger partial charge in [-0.05, 0) is 13.0 Å². The van der Waals surface area contributed by atoms with Gasteiger partial charge >= 0.3 is 0 Å². The Labute approximate surface area is 106 Å². The van der Waals surface area contributed by atoms with E-state index in [1.54, 1.807) is 30.1 Å². The second kappa shape index (κ2) is 6.70. The molecular weight excluding hydrogens is 234 g/mol. The lowest BCUT2D eigenvalue weighted by molar-refractivity contribution is -0.385. The predicted molar refractivity (Wildman–Crippen MR) is 68.1 cm³/mol. The van der Waals surface area contributed by atoms with Crippen LogP contribution in [0.3, 0.4) is 0 Å². The average Bonchev–Trinajstić information content (AvgIpc) is 2.36. The van der Waals surface area contributed by atoms with Crippen LogP contribution in [0.5, 0.6) is 0 Å². The van der Waals surface area contributed by atoms with Gasteiger partial charge in [-0.2, -0.15) is 0 Å². The highest BCUT2D eigenvalue weighted by Gasteiger charge is 2.17. The fourth-order valence-corrected chi connectivity index (χ4v) is 1.59. The quantitative estimate of drug-likeness (QED) is 0.602. The second-order valence-electron chi connectivity index (χ2n) is 4.02. The number of hydrogen-bond acceptors (Lipinski definition) is 4. The fraction of sp³-hybridized carbons (Fsp3) is 0.417. The van der Waals surface area contributed by atoms with Crippen LogP contribution in [0.4, 0.5) is 5.69 Å². The van der Waals surface area contributed by atoms with Crippen molar-refractivity contribution < 1.29 is 9.72 Å². The normalized spacial score (nSPS) is 10.1. The van der Waals surface area contributed by atoms with Gasteiger partial charge in [0, 0.05) is 25.2 Å². The molecule has 0 fully saturated rings. The van der Waals surface area contributed by atoms with Crippen molar-refractivity contribution in [2.24, 2.45) is 5.73 Å². The van der Waals surface area contributed by atoms with Crippen LogP contribution in [-0.2, 0) is 11.2 Å². The minimum atomic E-state index is -0.470. The van der Waals surface area contributed by atoms with Crippen molar-refractivity contribution in [1.29, 1.82) is 0 Å². The number of benzene rings is 1. The molecule has 0 radical (unpaired) electrons. The Bertz CT molecular complexity index is 434. The van der Waals surface area contributed by atoms with E-state index in [1.807, 2.05) is 0 Å². The molecule has 0 unspecified atom stereocenters. The van der Waals surface area contributed by atoms with Crippen molar-refractivity contribution >= 4 is 11.6 Å². The van der Waals surface area contributed by atoms with Crippen LogP contribution in [0.25, 0.3) is 0 Å². The number of rotatable bonds is 6. The number of amides is 1. The smallest absolute Gasteiger partial charge is 0.273 e. The maximum Gasteiger partial charge on any atom is 0.273 e. The van der Waals surface area contributed by atoms with Crippen LogP contribution < -0.4 is 5.73 Å². The maximum atomic E-state index is 11.9. The third-order valence-electron chi connectivity index (χ3n) is 2.65. The molecule has 0 aliphatic heterocycles. The third-order valence-corrected chi connectivity index (χ3v) is 2.65. The SMILES string of the molecule is CN(CCCN)C(=O)Cc1ccccc1[N+](=O)[O-]. The molecule has 1 aromatic rings. The summed E-state index contributed by atoms with van der Waals surface area (Å²) in [5.41, 5.74) is 5.79. The lowest BCUT2D eigenvalue weighted by atomic mass is 10.1. The number of nitrogens with zero attached hydrogens (tertiary/aromatic N) is 2. The number of nitro benzene ring substituents is 1. The van der Waals surface area contributed by atoms with Crippen LogP contribution in [0.1, 0.15) is 12.0 Å². The molecule has 2 N–H and O–H groups in total. The van der Waals surface area contributed by atoms with Gasteiger partial charge in [0.05, 0.1) is 11.3 Å². The largest absolute Gasteiger partial charge is 0.345 e. The molecule has 6 nitrogen and oxygen atoms in total. The number of carbonyl (C=O) groups is 1. The highest BCUT2D eigenvalue weighted by molar-refractivity contribution is 5.79. The van der Waals surface area contributed by atoms with E-state index >= 15 is 0 Å². The number of para-hydroxylation sites is 1. The molecule has 0 spiro atoms. The molecule has 98 valence electrons.